The third kappa shape index (κ3) is 8.54. The Morgan fingerprint density at radius 2 is 1.77 bits per heavy atom. The van der Waals surface area contributed by atoms with Gasteiger partial charge >= 0.3 is 10.1 Å². The summed E-state index contributed by atoms with van der Waals surface area (Å²) in [5, 5.41) is 0. The second-order valence-electron chi connectivity index (χ2n) is 9.27. The second-order valence-corrected chi connectivity index (χ2v) is 11.1. The molecule has 0 spiro atoms. The summed E-state index contributed by atoms with van der Waals surface area (Å²) in [6.07, 6.45) is 2.30. The molecule has 0 bridgehead atoms. The van der Waals surface area contributed by atoms with Crippen LogP contribution in [0.25, 0.3) is 0 Å². The zero-order valence-electron chi connectivity index (χ0n) is 19.8. The number of methoxy groups -OCH3 is 1. The molecule has 6 nitrogen and oxygen atoms in total. The predicted octanol–water partition coefficient (Wildman–Crippen LogP) is 5.01. The Morgan fingerprint density at radius 1 is 1.13 bits per heavy atom. The molecule has 2 unspecified atom stereocenters. The maximum Gasteiger partial charge on any atom is 0.309 e. The Balaban J connectivity index is 3.09. The van der Waals surface area contributed by atoms with Gasteiger partial charge in [-0.15, -0.1) is 0 Å². The average molecular weight is 442 g/mol. The Hall–Kier alpha value is -1.76. The lowest BCUT2D eigenvalue weighted by Crippen LogP contribution is -2.38. The van der Waals surface area contributed by atoms with Gasteiger partial charge in [0.2, 0.25) is 5.91 Å². The first-order valence-electron chi connectivity index (χ1n) is 10.7. The molecule has 1 aromatic carbocycles. The molecule has 0 radical (unpaired) electrons. The van der Waals surface area contributed by atoms with Crippen molar-refractivity contribution >= 4 is 16.0 Å². The average Bonchev–Trinajstić information content (AvgIpc) is 2.63. The Bertz CT molecular complexity index is 798. The van der Waals surface area contributed by atoms with E-state index in [9.17, 15) is 13.2 Å². The van der Waals surface area contributed by atoms with Gasteiger partial charge < -0.3 is 13.8 Å². The van der Waals surface area contributed by atoms with Crippen molar-refractivity contribution in [2.75, 3.05) is 12.9 Å². The van der Waals surface area contributed by atoms with Crippen LogP contribution in [0.5, 0.6) is 11.5 Å². The topological polar surface area (TPSA) is 72.9 Å². The van der Waals surface area contributed by atoms with Gasteiger partial charge in [-0.2, -0.15) is 8.42 Å². The molecule has 7 heteroatoms. The highest BCUT2D eigenvalue weighted by molar-refractivity contribution is 7.87. The Kier molecular flexibility index (Phi) is 9.66. The van der Waals surface area contributed by atoms with Crippen LogP contribution >= 0.6 is 0 Å². The van der Waals surface area contributed by atoms with Crippen LogP contribution in [0.3, 0.4) is 0 Å². The van der Waals surface area contributed by atoms with Crippen molar-refractivity contribution < 1.29 is 22.1 Å². The summed E-state index contributed by atoms with van der Waals surface area (Å²) >= 11 is 0. The lowest BCUT2D eigenvalue weighted by Gasteiger charge is -2.31. The Labute approximate surface area is 183 Å². The van der Waals surface area contributed by atoms with Crippen molar-refractivity contribution in [3.8, 4) is 11.5 Å². The summed E-state index contributed by atoms with van der Waals surface area (Å²) < 4.78 is 34.3. The summed E-state index contributed by atoms with van der Waals surface area (Å²) in [6.45, 7) is 14.7. The molecule has 30 heavy (non-hydrogen) atoms. The molecule has 0 heterocycles. The number of ether oxygens (including phenoxy) is 1. The van der Waals surface area contributed by atoms with Gasteiger partial charge in [-0.25, -0.2) is 0 Å². The molecule has 0 fully saturated rings. The maximum absolute atomic E-state index is 13.1. The number of hydrogen-bond donors (Lipinski definition) is 0. The van der Waals surface area contributed by atoms with Crippen LogP contribution in [0.2, 0.25) is 0 Å². The highest BCUT2D eigenvalue weighted by Crippen LogP contribution is 2.31. The van der Waals surface area contributed by atoms with Gasteiger partial charge in [-0.1, -0.05) is 40.7 Å². The van der Waals surface area contributed by atoms with Crippen molar-refractivity contribution in [3.63, 3.8) is 0 Å². The molecule has 1 amide bonds. The molecule has 172 valence electrons. The molecule has 0 aromatic heterocycles. The summed E-state index contributed by atoms with van der Waals surface area (Å²) in [5.74, 6) is 0.753. The standard InChI is InChI=1S/C23H39NO5S/c1-9-18(4)24(22(25)13-17(3)15-23(5,6)7)16-19-11-12-20(28-8)21(14-19)29-30(26,27)10-2/h11-12,14,17-18H,9-10,13,15-16H2,1-8H3. The SMILES string of the molecule is CCC(C)N(Cc1ccc(OC)c(OS(=O)(=O)CC)c1)C(=O)CC(C)CC(C)(C)C. The van der Waals surface area contributed by atoms with Crippen molar-refractivity contribution in [2.24, 2.45) is 11.3 Å². The van der Waals surface area contributed by atoms with E-state index in [1.165, 1.54) is 14.0 Å². The summed E-state index contributed by atoms with van der Waals surface area (Å²) in [6, 6.07) is 5.24. The summed E-state index contributed by atoms with van der Waals surface area (Å²) in [4.78, 5) is 15.0. The summed E-state index contributed by atoms with van der Waals surface area (Å²) in [5.41, 5.74) is 0.975. The number of benzene rings is 1. The number of hydrogen-bond acceptors (Lipinski definition) is 5. The maximum atomic E-state index is 13.1. The van der Waals surface area contributed by atoms with Gasteiger partial charge in [-0.05, 0) is 55.7 Å². The monoisotopic (exact) mass is 441 g/mol. The molecule has 0 aliphatic rings. The lowest BCUT2D eigenvalue weighted by molar-refractivity contribution is -0.135. The van der Waals surface area contributed by atoms with Gasteiger partial charge in [-0.3, -0.25) is 4.79 Å². The highest BCUT2D eigenvalue weighted by atomic mass is 32.2. The number of carbonyl (C=O) groups is 1. The van der Waals surface area contributed by atoms with Crippen LogP contribution in [0.4, 0.5) is 0 Å². The quantitative estimate of drug-likeness (QED) is 0.451. The van der Waals surface area contributed by atoms with E-state index in [-0.39, 0.29) is 34.8 Å². The third-order valence-electron chi connectivity index (χ3n) is 5.08. The van der Waals surface area contributed by atoms with E-state index in [2.05, 4.69) is 34.6 Å². The molecule has 1 aromatic rings. The smallest absolute Gasteiger partial charge is 0.309 e. The zero-order valence-corrected chi connectivity index (χ0v) is 20.6. The fraction of sp³-hybridized carbons (Fsp3) is 0.696. The van der Waals surface area contributed by atoms with E-state index in [0.29, 0.717) is 18.7 Å². The van der Waals surface area contributed by atoms with E-state index in [1.807, 2.05) is 17.9 Å². The number of rotatable bonds is 11. The van der Waals surface area contributed by atoms with Crippen LogP contribution in [0, 0.1) is 11.3 Å². The molecule has 2 atom stereocenters. The van der Waals surface area contributed by atoms with E-state index < -0.39 is 10.1 Å². The van der Waals surface area contributed by atoms with Crippen LogP contribution in [0.1, 0.15) is 73.3 Å². The van der Waals surface area contributed by atoms with E-state index >= 15 is 0 Å². The normalized spacial score (nSPS) is 14.1. The molecular formula is C23H39NO5S. The minimum atomic E-state index is -3.68. The first-order valence-corrected chi connectivity index (χ1v) is 12.3. The van der Waals surface area contributed by atoms with Gasteiger partial charge in [0, 0.05) is 19.0 Å². The van der Waals surface area contributed by atoms with Gasteiger partial charge in [0.1, 0.15) is 0 Å². The molecule has 0 aliphatic heterocycles. The van der Waals surface area contributed by atoms with Crippen molar-refractivity contribution in [3.05, 3.63) is 23.8 Å². The van der Waals surface area contributed by atoms with Crippen molar-refractivity contribution in [1.82, 2.24) is 4.90 Å². The van der Waals surface area contributed by atoms with Crippen LogP contribution in [-0.2, 0) is 21.5 Å². The fourth-order valence-corrected chi connectivity index (χ4v) is 4.04. The molecule has 0 saturated carbocycles. The van der Waals surface area contributed by atoms with Gasteiger partial charge in [0.05, 0.1) is 12.9 Å². The molecule has 0 aliphatic carbocycles. The van der Waals surface area contributed by atoms with E-state index in [1.54, 1.807) is 12.1 Å². The Morgan fingerprint density at radius 3 is 2.27 bits per heavy atom. The van der Waals surface area contributed by atoms with Crippen molar-refractivity contribution in [1.29, 1.82) is 0 Å². The van der Waals surface area contributed by atoms with Gasteiger partial charge in [0.25, 0.3) is 0 Å². The lowest BCUT2D eigenvalue weighted by atomic mass is 9.84. The molecule has 0 N–H and O–H groups in total. The first-order chi connectivity index (χ1) is 13.8. The number of nitrogens with zero attached hydrogens (tertiary/aromatic N) is 1. The molecular weight excluding hydrogens is 402 g/mol. The fourth-order valence-electron chi connectivity index (χ4n) is 3.52. The van der Waals surface area contributed by atoms with Crippen LogP contribution in [-0.4, -0.2) is 38.1 Å². The first kappa shape index (κ1) is 26.3. The van der Waals surface area contributed by atoms with E-state index in [4.69, 9.17) is 8.92 Å². The van der Waals surface area contributed by atoms with Crippen molar-refractivity contribution in [2.45, 2.75) is 80.3 Å². The molecule has 1 rings (SSSR count). The number of amides is 1. The van der Waals surface area contributed by atoms with Crippen LogP contribution in [0.15, 0.2) is 18.2 Å². The predicted molar refractivity (Wildman–Crippen MR) is 121 cm³/mol. The van der Waals surface area contributed by atoms with Gasteiger partial charge in [0.15, 0.2) is 11.5 Å². The van der Waals surface area contributed by atoms with E-state index in [0.717, 1.165) is 18.4 Å². The second kappa shape index (κ2) is 11.0. The highest BCUT2D eigenvalue weighted by Gasteiger charge is 2.24. The van der Waals surface area contributed by atoms with Crippen LogP contribution < -0.4 is 8.92 Å². The summed E-state index contributed by atoms with van der Waals surface area (Å²) in [7, 11) is -2.22. The minimum Gasteiger partial charge on any atom is -0.493 e. The zero-order chi connectivity index (χ0) is 23.1. The third-order valence-corrected chi connectivity index (χ3v) is 6.22. The largest absolute Gasteiger partial charge is 0.493 e. The number of carbonyl (C=O) groups excluding carboxylic acids is 1. The molecule has 0 saturated heterocycles. The minimum absolute atomic E-state index is 0.0742.